The lowest BCUT2D eigenvalue weighted by molar-refractivity contribution is 0.193. The van der Waals surface area contributed by atoms with Crippen LogP contribution in [-0.4, -0.2) is 26.3 Å². The van der Waals surface area contributed by atoms with E-state index in [1.165, 1.54) is 19.3 Å². The average Bonchev–Trinajstić information content (AvgIpc) is 2.14. The summed E-state index contributed by atoms with van der Waals surface area (Å²) in [6, 6.07) is 0.621. The van der Waals surface area contributed by atoms with Crippen LogP contribution in [-0.2, 0) is 4.74 Å². The van der Waals surface area contributed by atoms with E-state index in [4.69, 9.17) is 4.74 Å². The van der Waals surface area contributed by atoms with Gasteiger partial charge in [-0.1, -0.05) is 12.2 Å². The molecule has 1 N–H and O–H groups in total. The Hall–Kier alpha value is -0.340. The molecule has 2 heteroatoms. The molecule has 1 aliphatic rings. The molecule has 2 nitrogen and oxygen atoms in total. The van der Waals surface area contributed by atoms with Gasteiger partial charge in [-0.05, 0) is 32.2 Å². The first-order valence-electron chi connectivity index (χ1n) is 4.82. The Balaban J connectivity index is 1.98. The predicted molar refractivity (Wildman–Crippen MR) is 51.3 cm³/mol. The van der Waals surface area contributed by atoms with Gasteiger partial charge in [-0.15, -0.1) is 0 Å². The quantitative estimate of drug-likeness (QED) is 0.500. The summed E-state index contributed by atoms with van der Waals surface area (Å²) in [5.41, 5.74) is 0. The molecule has 0 heterocycles. The van der Waals surface area contributed by atoms with Crippen LogP contribution in [0.2, 0.25) is 0 Å². The van der Waals surface area contributed by atoms with Crippen molar-refractivity contribution < 1.29 is 4.74 Å². The maximum atomic E-state index is 4.97. The van der Waals surface area contributed by atoms with Gasteiger partial charge in [0.2, 0.25) is 0 Å². The monoisotopic (exact) mass is 169 g/mol. The van der Waals surface area contributed by atoms with Crippen LogP contribution in [0.15, 0.2) is 12.2 Å². The van der Waals surface area contributed by atoms with Crippen LogP contribution >= 0.6 is 0 Å². The van der Waals surface area contributed by atoms with Crippen LogP contribution in [0.25, 0.3) is 0 Å². The topological polar surface area (TPSA) is 21.3 Å². The molecular weight excluding hydrogens is 150 g/mol. The van der Waals surface area contributed by atoms with Crippen molar-refractivity contribution >= 4 is 0 Å². The highest BCUT2D eigenvalue weighted by Crippen LogP contribution is 2.09. The Morgan fingerprint density at radius 2 is 2.50 bits per heavy atom. The van der Waals surface area contributed by atoms with Crippen LogP contribution in [0, 0.1) is 0 Å². The molecule has 0 aromatic heterocycles. The Morgan fingerprint density at radius 1 is 1.58 bits per heavy atom. The van der Waals surface area contributed by atoms with Crippen LogP contribution in [0.3, 0.4) is 0 Å². The van der Waals surface area contributed by atoms with E-state index in [2.05, 4.69) is 17.5 Å². The van der Waals surface area contributed by atoms with E-state index < -0.39 is 0 Å². The van der Waals surface area contributed by atoms with Crippen LogP contribution in [0.5, 0.6) is 0 Å². The minimum atomic E-state index is 0.621. The number of nitrogens with one attached hydrogen (secondary N) is 1. The van der Waals surface area contributed by atoms with Gasteiger partial charge < -0.3 is 10.1 Å². The Labute approximate surface area is 75.0 Å². The van der Waals surface area contributed by atoms with E-state index in [0.29, 0.717) is 6.04 Å². The zero-order valence-corrected chi connectivity index (χ0v) is 7.88. The fraction of sp³-hybridized carbons (Fsp3) is 0.800. The van der Waals surface area contributed by atoms with Gasteiger partial charge in [0, 0.05) is 19.8 Å². The molecule has 1 unspecified atom stereocenters. The molecule has 0 aromatic carbocycles. The van der Waals surface area contributed by atoms with Gasteiger partial charge in [-0.3, -0.25) is 0 Å². The second-order valence-corrected chi connectivity index (χ2v) is 3.27. The fourth-order valence-electron chi connectivity index (χ4n) is 1.49. The Morgan fingerprint density at radius 3 is 3.17 bits per heavy atom. The maximum absolute atomic E-state index is 4.97. The third-order valence-electron chi connectivity index (χ3n) is 2.19. The molecule has 0 spiro atoms. The summed E-state index contributed by atoms with van der Waals surface area (Å²) < 4.78 is 4.97. The molecule has 0 saturated heterocycles. The van der Waals surface area contributed by atoms with Crippen molar-refractivity contribution in [2.24, 2.45) is 0 Å². The smallest absolute Gasteiger partial charge is 0.0474 e. The van der Waals surface area contributed by atoms with Crippen molar-refractivity contribution in [1.82, 2.24) is 5.32 Å². The molecule has 0 aliphatic heterocycles. The summed E-state index contributed by atoms with van der Waals surface area (Å²) in [5, 5.41) is 3.49. The zero-order chi connectivity index (χ0) is 8.65. The first-order valence-corrected chi connectivity index (χ1v) is 4.82. The molecule has 1 aliphatic carbocycles. The standard InChI is InChI=1S/C10H19NO/c1-12-9-5-8-11-10-6-3-2-4-7-10/h3,6,10-11H,2,4-5,7-9H2,1H3. The van der Waals surface area contributed by atoms with Gasteiger partial charge in [0.05, 0.1) is 0 Å². The Bertz CT molecular complexity index is 134. The lowest BCUT2D eigenvalue weighted by atomic mass is 10.0. The van der Waals surface area contributed by atoms with Crippen LogP contribution in [0.4, 0.5) is 0 Å². The summed E-state index contributed by atoms with van der Waals surface area (Å²) in [4.78, 5) is 0. The fourth-order valence-corrected chi connectivity index (χ4v) is 1.49. The largest absolute Gasteiger partial charge is 0.385 e. The first kappa shape index (κ1) is 9.75. The Kier molecular flexibility index (Phi) is 5.04. The van der Waals surface area contributed by atoms with E-state index in [0.717, 1.165) is 19.6 Å². The number of hydrogen-bond acceptors (Lipinski definition) is 2. The zero-order valence-electron chi connectivity index (χ0n) is 7.88. The van der Waals surface area contributed by atoms with Gasteiger partial charge in [0.1, 0.15) is 0 Å². The molecule has 1 atom stereocenters. The lowest BCUT2D eigenvalue weighted by Crippen LogP contribution is -2.29. The van der Waals surface area contributed by atoms with Crippen molar-refractivity contribution in [1.29, 1.82) is 0 Å². The molecule has 0 amide bonds. The van der Waals surface area contributed by atoms with Crippen molar-refractivity contribution in [3.05, 3.63) is 12.2 Å². The van der Waals surface area contributed by atoms with Gasteiger partial charge in [0.25, 0.3) is 0 Å². The summed E-state index contributed by atoms with van der Waals surface area (Å²) in [7, 11) is 1.75. The number of allylic oxidation sites excluding steroid dienone is 1. The number of hydrogen-bond donors (Lipinski definition) is 1. The summed E-state index contributed by atoms with van der Waals surface area (Å²) in [6.45, 7) is 1.94. The maximum Gasteiger partial charge on any atom is 0.0474 e. The second-order valence-electron chi connectivity index (χ2n) is 3.27. The van der Waals surface area contributed by atoms with Gasteiger partial charge in [0.15, 0.2) is 0 Å². The molecule has 1 rings (SSSR count). The number of methoxy groups -OCH3 is 1. The molecule has 0 aromatic rings. The van der Waals surface area contributed by atoms with Gasteiger partial charge >= 0.3 is 0 Å². The highest BCUT2D eigenvalue weighted by molar-refractivity contribution is 4.97. The van der Waals surface area contributed by atoms with E-state index in [-0.39, 0.29) is 0 Å². The van der Waals surface area contributed by atoms with Gasteiger partial charge in [-0.2, -0.15) is 0 Å². The normalized spacial score (nSPS) is 22.9. The summed E-state index contributed by atoms with van der Waals surface area (Å²) in [5.74, 6) is 0. The van der Waals surface area contributed by atoms with E-state index in [1.54, 1.807) is 7.11 Å². The molecule has 0 radical (unpaired) electrons. The molecular formula is C10H19NO. The molecule has 12 heavy (non-hydrogen) atoms. The minimum Gasteiger partial charge on any atom is -0.385 e. The third kappa shape index (κ3) is 3.88. The molecule has 70 valence electrons. The van der Waals surface area contributed by atoms with E-state index >= 15 is 0 Å². The first-order chi connectivity index (χ1) is 5.93. The van der Waals surface area contributed by atoms with E-state index in [1.807, 2.05) is 0 Å². The lowest BCUT2D eigenvalue weighted by Gasteiger charge is -2.17. The van der Waals surface area contributed by atoms with Crippen molar-refractivity contribution in [2.45, 2.75) is 31.7 Å². The highest BCUT2D eigenvalue weighted by atomic mass is 16.5. The predicted octanol–water partition coefficient (Wildman–Crippen LogP) is 1.72. The number of rotatable bonds is 5. The molecule has 0 saturated carbocycles. The summed E-state index contributed by atoms with van der Waals surface area (Å²) >= 11 is 0. The van der Waals surface area contributed by atoms with E-state index in [9.17, 15) is 0 Å². The van der Waals surface area contributed by atoms with Crippen molar-refractivity contribution in [3.63, 3.8) is 0 Å². The second kappa shape index (κ2) is 6.21. The van der Waals surface area contributed by atoms with Crippen molar-refractivity contribution in [2.75, 3.05) is 20.3 Å². The minimum absolute atomic E-state index is 0.621. The SMILES string of the molecule is COCCCNC1C=CCCC1. The molecule has 0 fully saturated rings. The van der Waals surface area contributed by atoms with Crippen LogP contribution < -0.4 is 5.32 Å². The average molecular weight is 169 g/mol. The van der Waals surface area contributed by atoms with Gasteiger partial charge in [-0.25, -0.2) is 0 Å². The third-order valence-corrected chi connectivity index (χ3v) is 2.19. The number of ether oxygens (including phenoxy) is 1. The molecule has 0 bridgehead atoms. The highest BCUT2D eigenvalue weighted by Gasteiger charge is 2.05. The van der Waals surface area contributed by atoms with Crippen molar-refractivity contribution in [3.8, 4) is 0 Å². The van der Waals surface area contributed by atoms with Crippen LogP contribution in [0.1, 0.15) is 25.7 Å². The summed E-state index contributed by atoms with van der Waals surface area (Å²) in [6.07, 6.45) is 9.56.